The van der Waals surface area contributed by atoms with Gasteiger partial charge in [0.1, 0.15) is 0 Å². The van der Waals surface area contributed by atoms with Gasteiger partial charge in [-0.05, 0) is 12.2 Å². The highest BCUT2D eigenvalue weighted by Gasteiger charge is 2.20. The van der Waals surface area contributed by atoms with Crippen LogP contribution in [0.1, 0.15) is 0 Å². The zero-order valence-corrected chi connectivity index (χ0v) is 6.01. The summed E-state index contributed by atoms with van der Waals surface area (Å²) in [6.45, 7) is -3.33. The first-order valence-electron chi connectivity index (χ1n) is 2.19. The zero-order chi connectivity index (χ0) is 6.74. The van der Waals surface area contributed by atoms with E-state index in [0.29, 0.717) is 0 Å². The molecule has 5 heteroatoms. The molecule has 0 bridgehead atoms. The molecule has 0 saturated heterocycles. The molecule has 0 amide bonds. The van der Waals surface area contributed by atoms with Crippen LogP contribution in [0.25, 0.3) is 0 Å². The molecule has 1 heterocycles. The van der Waals surface area contributed by atoms with Gasteiger partial charge in [0.2, 0.25) is 0 Å². The van der Waals surface area contributed by atoms with Crippen molar-refractivity contribution in [3.8, 4) is 0 Å². The Morgan fingerprint density at radius 1 is 1.22 bits per heavy atom. The summed E-state index contributed by atoms with van der Waals surface area (Å²) >= 11 is 5.19. The van der Waals surface area contributed by atoms with Gasteiger partial charge in [0, 0.05) is 11.2 Å². The van der Waals surface area contributed by atoms with Crippen molar-refractivity contribution >= 4 is 18.2 Å². The molecule has 3 nitrogen and oxygen atoms in total. The Bertz CT molecular complexity index is 180. The monoisotopic (exact) mass is 166 g/mol. The summed E-state index contributed by atoms with van der Waals surface area (Å²) < 4.78 is 19.6. The van der Waals surface area contributed by atoms with Crippen LogP contribution < -0.4 is 0 Å². The number of halogens is 1. The van der Waals surface area contributed by atoms with Crippen molar-refractivity contribution in [2.45, 2.75) is 0 Å². The minimum Gasteiger partial charge on any atom is -0.413 e. The van der Waals surface area contributed by atoms with Gasteiger partial charge in [-0.3, -0.25) is 0 Å². The standard InChI is InChI=1S/C4H4ClO3P/c5-9(6)7-3-1-2-4-8-9/h1-4H. The van der Waals surface area contributed by atoms with E-state index in [1.165, 1.54) is 24.7 Å². The molecule has 1 aliphatic heterocycles. The fourth-order valence-electron chi connectivity index (χ4n) is 0.331. The van der Waals surface area contributed by atoms with Crippen LogP contribution in [-0.2, 0) is 13.6 Å². The van der Waals surface area contributed by atoms with E-state index in [-0.39, 0.29) is 0 Å². The molecule has 0 atom stereocenters. The zero-order valence-electron chi connectivity index (χ0n) is 4.36. The molecule has 0 N–H and O–H groups in total. The van der Waals surface area contributed by atoms with Crippen molar-refractivity contribution in [3.05, 3.63) is 24.7 Å². The first-order valence-corrected chi connectivity index (χ1v) is 4.64. The van der Waals surface area contributed by atoms with Crippen molar-refractivity contribution in [2.24, 2.45) is 0 Å². The van der Waals surface area contributed by atoms with E-state index in [0.717, 1.165) is 0 Å². The molecular weight excluding hydrogens is 162 g/mol. The summed E-state index contributed by atoms with van der Waals surface area (Å²) in [5.74, 6) is 0. The van der Waals surface area contributed by atoms with Crippen molar-refractivity contribution in [1.29, 1.82) is 0 Å². The Balaban J connectivity index is 2.73. The fourth-order valence-corrected chi connectivity index (χ4v) is 1.09. The summed E-state index contributed by atoms with van der Waals surface area (Å²) in [6.07, 6.45) is 5.50. The highest BCUT2D eigenvalue weighted by atomic mass is 35.7. The van der Waals surface area contributed by atoms with Crippen molar-refractivity contribution < 1.29 is 13.6 Å². The van der Waals surface area contributed by atoms with Gasteiger partial charge in [-0.25, -0.2) is 4.57 Å². The Hall–Kier alpha value is -0.400. The second kappa shape index (κ2) is 2.46. The van der Waals surface area contributed by atoms with Crippen molar-refractivity contribution in [2.75, 3.05) is 0 Å². The number of rotatable bonds is 0. The molecule has 9 heavy (non-hydrogen) atoms. The fraction of sp³-hybridized carbons (Fsp3) is 0. The summed E-state index contributed by atoms with van der Waals surface area (Å²) in [4.78, 5) is 0. The Labute approximate surface area is 57.2 Å². The maximum atomic E-state index is 10.7. The normalized spacial score (nSPS) is 21.9. The Morgan fingerprint density at radius 2 is 1.67 bits per heavy atom. The lowest BCUT2D eigenvalue weighted by Crippen LogP contribution is -1.73. The van der Waals surface area contributed by atoms with Gasteiger partial charge < -0.3 is 9.05 Å². The molecular formula is C4H4ClO3P. The first-order chi connectivity index (χ1) is 4.21. The first kappa shape index (κ1) is 6.72. The summed E-state index contributed by atoms with van der Waals surface area (Å²) in [5, 5.41) is 0. The highest BCUT2D eigenvalue weighted by molar-refractivity contribution is 7.81. The Kier molecular flexibility index (Phi) is 1.84. The van der Waals surface area contributed by atoms with Gasteiger partial charge in [-0.15, -0.1) is 0 Å². The second-order valence-electron chi connectivity index (χ2n) is 1.30. The van der Waals surface area contributed by atoms with Gasteiger partial charge in [-0.2, -0.15) is 0 Å². The van der Waals surface area contributed by atoms with Gasteiger partial charge >= 0.3 is 6.95 Å². The highest BCUT2D eigenvalue weighted by Crippen LogP contribution is 2.54. The third-order valence-corrected chi connectivity index (χ3v) is 1.87. The molecule has 0 spiro atoms. The van der Waals surface area contributed by atoms with Gasteiger partial charge in [-0.1, -0.05) is 0 Å². The summed E-state index contributed by atoms with van der Waals surface area (Å²) in [7, 11) is 0. The SMILES string of the molecule is O=P1(Cl)OC=CC=CO1. The van der Waals surface area contributed by atoms with Crippen LogP contribution in [0.15, 0.2) is 24.7 Å². The van der Waals surface area contributed by atoms with Gasteiger partial charge in [0.05, 0.1) is 12.5 Å². The van der Waals surface area contributed by atoms with Crippen LogP contribution >= 0.6 is 18.2 Å². The van der Waals surface area contributed by atoms with E-state index in [2.05, 4.69) is 9.05 Å². The van der Waals surface area contributed by atoms with Crippen molar-refractivity contribution in [3.63, 3.8) is 0 Å². The maximum Gasteiger partial charge on any atom is 0.529 e. The molecule has 0 aromatic rings. The number of hydrogen-bond donors (Lipinski definition) is 0. The lowest BCUT2D eigenvalue weighted by atomic mass is 10.6. The van der Waals surface area contributed by atoms with Crippen LogP contribution in [0.5, 0.6) is 0 Å². The van der Waals surface area contributed by atoms with E-state index in [4.69, 9.17) is 11.2 Å². The minimum atomic E-state index is -3.33. The predicted octanol–water partition coefficient (Wildman–Crippen LogP) is 2.41. The molecule has 0 saturated carbocycles. The predicted molar refractivity (Wildman–Crippen MR) is 33.9 cm³/mol. The molecule has 0 aliphatic carbocycles. The van der Waals surface area contributed by atoms with Crippen molar-refractivity contribution in [1.82, 2.24) is 0 Å². The molecule has 0 aromatic heterocycles. The second-order valence-corrected chi connectivity index (χ2v) is 3.82. The minimum absolute atomic E-state index is 1.22. The topological polar surface area (TPSA) is 35.5 Å². The molecule has 0 aromatic carbocycles. The third kappa shape index (κ3) is 2.12. The van der Waals surface area contributed by atoms with Gasteiger partial charge in [0.25, 0.3) is 0 Å². The maximum absolute atomic E-state index is 10.7. The largest absolute Gasteiger partial charge is 0.529 e. The summed E-state index contributed by atoms with van der Waals surface area (Å²) in [6, 6.07) is 0. The summed E-state index contributed by atoms with van der Waals surface area (Å²) in [5.41, 5.74) is 0. The molecule has 1 rings (SSSR count). The average molecular weight is 166 g/mol. The number of hydrogen-bond acceptors (Lipinski definition) is 3. The van der Waals surface area contributed by atoms with E-state index < -0.39 is 6.95 Å². The van der Waals surface area contributed by atoms with E-state index >= 15 is 0 Å². The third-order valence-electron chi connectivity index (χ3n) is 0.642. The van der Waals surface area contributed by atoms with Crippen LogP contribution in [0.3, 0.4) is 0 Å². The van der Waals surface area contributed by atoms with E-state index in [1.807, 2.05) is 0 Å². The quantitative estimate of drug-likeness (QED) is 0.519. The van der Waals surface area contributed by atoms with Gasteiger partial charge in [0.15, 0.2) is 0 Å². The molecule has 0 unspecified atom stereocenters. The molecule has 0 fully saturated rings. The van der Waals surface area contributed by atoms with Crippen LogP contribution in [-0.4, -0.2) is 0 Å². The lowest BCUT2D eigenvalue weighted by molar-refractivity contribution is 0.350. The average Bonchev–Trinajstić information content (AvgIpc) is 1.92. The van der Waals surface area contributed by atoms with E-state index in [9.17, 15) is 4.57 Å². The molecule has 0 radical (unpaired) electrons. The van der Waals surface area contributed by atoms with Crippen LogP contribution in [0.2, 0.25) is 0 Å². The molecule has 50 valence electrons. The molecule has 1 aliphatic rings. The van der Waals surface area contributed by atoms with Crippen LogP contribution in [0, 0.1) is 0 Å². The number of allylic oxidation sites excluding steroid dienone is 2. The van der Waals surface area contributed by atoms with E-state index in [1.54, 1.807) is 0 Å². The Morgan fingerprint density at radius 3 is 2.11 bits per heavy atom. The smallest absolute Gasteiger partial charge is 0.413 e. The van der Waals surface area contributed by atoms with Crippen LogP contribution in [0.4, 0.5) is 0 Å². The lowest BCUT2D eigenvalue weighted by Gasteiger charge is -2.03.